The molecule has 0 spiro atoms. The molecule has 0 fully saturated rings. The Bertz CT molecular complexity index is 738. The molecule has 2 aromatic carbocycles. The molecule has 5 heteroatoms. The highest BCUT2D eigenvalue weighted by atomic mass is 16.5. The molecule has 0 heterocycles. The van der Waals surface area contributed by atoms with Crippen LogP contribution in [0, 0.1) is 0 Å². The molecule has 0 saturated heterocycles. The molecule has 5 nitrogen and oxygen atoms in total. The van der Waals surface area contributed by atoms with Crippen molar-refractivity contribution in [2.45, 2.75) is 40.0 Å². The first-order chi connectivity index (χ1) is 12.4. The average Bonchev–Trinajstić information content (AvgIpc) is 2.63. The zero-order chi connectivity index (χ0) is 18.9. The van der Waals surface area contributed by atoms with Gasteiger partial charge in [0.15, 0.2) is 12.4 Å². The minimum Gasteiger partial charge on any atom is -0.484 e. The minimum absolute atomic E-state index is 0.00434. The number of Topliss-reactive ketones (excluding diaryl/α,β-unsaturated/α-hetero) is 1. The van der Waals surface area contributed by atoms with Gasteiger partial charge in [-0.1, -0.05) is 24.3 Å². The highest BCUT2D eigenvalue weighted by Crippen LogP contribution is 2.12. The lowest BCUT2D eigenvalue weighted by molar-refractivity contribution is -0.123. The van der Waals surface area contributed by atoms with E-state index < -0.39 is 0 Å². The molecule has 0 radical (unpaired) electrons. The van der Waals surface area contributed by atoms with Gasteiger partial charge in [0.05, 0.1) is 12.7 Å². The van der Waals surface area contributed by atoms with Crippen LogP contribution < -0.4 is 10.1 Å². The van der Waals surface area contributed by atoms with Crippen LogP contribution in [-0.4, -0.2) is 24.4 Å². The molecule has 0 unspecified atom stereocenters. The van der Waals surface area contributed by atoms with Gasteiger partial charge in [0.25, 0.3) is 5.91 Å². The predicted octanol–water partition coefficient (Wildman–Crippen LogP) is 3.51. The lowest BCUT2D eigenvalue weighted by Crippen LogP contribution is -2.28. The van der Waals surface area contributed by atoms with Crippen LogP contribution in [0.2, 0.25) is 0 Å². The summed E-state index contributed by atoms with van der Waals surface area (Å²) in [5, 5.41) is 2.83. The number of carbonyl (C=O) groups is 2. The van der Waals surface area contributed by atoms with Gasteiger partial charge in [0.1, 0.15) is 5.75 Å². The summed E-state index contributed by atoms with van der Waals surface area (Å²) >= 11 is 0. The topological polar surface area (TPSA) is 64.6 Å². The zero-order valence-electron chi connectivity index (χ0n) is 15.5. The van der Waals surface area contributed by atoms with E-state index in [0.29, 0.717) is 24.5 Å². The van der Waals surface area contributed by atoms with Gasteiger partial charge in [-0.2, -0.15) is 0 Å². The van der Waals surface area contributed by atoms with E-state index >= 15 is 0 Å². The van der Waals surface area contributed by atoms with E-state index in [1.165, 1.54) is 6.92 Å². The van der Waals surface area contributed by atoms with Crippen LogP contribution in [0.1, 0.15) is 42.3 Å². The van der Waals surface area contributed by atoms with Gasteiger partial charge in [0, 0.05) is 12.1 Å². The monoisotopic (exact) mass is 355 g/mol. The highest BCUT2D eigenvalue weighted by molar-refractivity contribution is 5.94. The summed E-state index contributed by atoms with van der Waals surface area (Å²) in [5.41, 5.74) is 2.70. The van der Waals surface area contributed by atoms with Gasteiger partial charge in [-0.25, -0.2) is 0 Å². The first-order valence-corrected chi connectivity index (χ1v) is 8.64. The molecule has 0 aromatic heterocycles. The predicted molar refractivity (Wildman–Crippen MR) is 100 cm³/mol. The Hall–Kier alpha value is -2.66. The van der Waals surface area contributed by atoms with Crippen molar-refractivity contribution < 1.29 is 19.1 Å². The molecule has 1 N–H and O–H groups in total. The molecular weight excluding hydrogens is 330 g/mol. The van der Waals surface area contributed by atoms with E-state index in [2.05, 4.69) is 5.32 Å². The molecule has 0 aliphatic carbocycles. The van der Waals surface area contributed by atoms with E-state index in [1.807, 2.05) is 38.1 Å². The van der Waals surface area contributed by atoms with Gasteiger partial charge in [-0.05, 0) is 56.2 Å². The van der Waals surface area contributed by atoms with Gasteiger partial charge in [-0.15, -0.1) is 0 Å². The van der Waals surface area contributed by atoms with Gasteiger partial charge >= 0.3 is 0 Å². The number of rotatable bonds is 9. The Balaban J connectivity index is 1.77. The van der Waals surface area contributed by atoms with Crippen LogP contribution in [-0.2, 0) is 22.7 Å². The van der Waals surface area contributed by atoms with Crippen molar-refractivity contribution in [3.8, 4) is 5.75 Å². The van der Waals surface area contributed by atoms with Crippen LogP contribution in [0.15, 0.2) is 48.5 Å². The number of carbonyl (C=O) groups excluding carboxylic acids is 2. The normalized spacial score (nSPS) is 10.6. The fourth-order valence-electron chi connectivity index (χ4n) is 2.28. The van der Waals surface area contributed by atoms with E-state index in [0.717, 1.165) is 11.1 Å². The summed E-state index contributed by atoms with van der Waals surface area (Å²) in [6.45, 7) is 6.41. The Morgan fingerprint density at radius 2 is 1.73 bits per heavy atom. The number of amides is 1. The van der Waals surface area contributed by atoms with Crippen molar-refractivity contribution >= 4 is 11.7 Å². The van der Waals surface area contributed by atoms with Crippen LogP contribution in [0.4, 0.5) is 0 Å². The Morgan fingerprint density at radius 3 is 2.38 bits per heavy atom. The summed E-state index contributed by atoms with van der Waals surface area (Å²) in [6.07, 6.45) is 0.181. The number of hydrogen-bond acceptors (Lipinski definition) is 4. The molecule has 1 amide bonds. The van der Waals surface area contributed by atoms with Crippen LogP contribution >= 0.6 is 0 Å². The molecule has 2 aromatic rings. The highest BCUT2D eigenvalue weighted by Gasteiger charge is 2.05. The largest absolute Gasteiger partial charge is 0.484 e. The number of hydrogen-bond donors (Lipinski definition) is 1. The second kappa shape index (κ2) is 9.73. The maximum Gasteiger partial charge on any atom is 0.258 e. The molecule has 0 atom stereocenters. The first-order valence-electron chi connectivity index (χ1n) is 8.64. The third kappa shape index (κ3) is 6.69. The number of nitrogens with one attached hydrogen (secondary N) is 1. The maximum atomic E-state index is 11.9. The summed E-state index contributed by atoms with van der Waals surface area (Å²) in [6, 6.07) is 14.7. The summed E-state index contributed by atoms with van der Waals surface area (Å²) < 4.78 is 11.0. The molecule has 0 aliphatic heterocycles. The van der Waals surface area contributed by atoms with E-state index in [1.54, 1.807) is 24.3 Å². The number of ketones is 1. The molecule has 26 heavy (non-hydrogen) atoms. The van der Waals surface area contributed by atoms with Gasteiger partial charge in [0.2, 0.25) is 0 Å². The third-order valence-corrected chi connectivity index (χ3v) is 3.70. The summed E-state index contributed by atoms with van der Waals surface area (Å²) in [5.74, 6) is 0.345. The van der Waals surface area contributed by atoms with Crippen LogP contribution in [0.3, 0.4) is 0 Å². The van der Waals surface area contributed by atoms with Crippen molar-refractivity contribution in [3.63, 3.8) is 0 Å². The molecule has 138 valence electrons. The first kappa shape index (κ1) is 19.7. The van der Waals surface area contributed by atoms with Crippen molar-refractivity contribution in [1.82, 2.24) is 5.32 Å². The van der Waals surface area contributed by atoms with Crippen molar-refractivity contribution in [2.24, 2.45) is 0 Å². The zero-order valence-corrected chi connectivity index (χ0v) is 15.5. The molecule has 0 aliphatic rings. The minimum atomic E-state index is -0.204. The van der Waals surface area contributed by atoms with Crippen LogP contribution in [0.5, 0.6) is 5.75 Å². The van der Waals surface area contributed by atoms with E-state index in [4.69, 9.17) is 9.47 Å². The van der Waals surface area contributed by atoms with Crippen molar-refractivity contribution in [1.29, 1.82) is 0 Å². The van der Waals surface area contributed by atoms with Crippen molar-refractivity contribution in [3.05, 3.63) is 65.2 Å². The quantitative estimate of drug-likeness (QED) is 0.699. The molecule has 0 saturated carbocycles. The summed E-state index contributed by atoms with van der Waals surface area (Å²) in [7, 11) is 0. The molecule has 0 bridgehead atoms. The molecule has 2 rings (SSSR count). The Labute approximate surface area is 154 Å². The van der Waals surface area contributed by atoms with E-state index in [-0.39, 0.29) is 24.4 Å². The van der Waals surface area contributed by atoms with Gasteiger partial charge in [-0.3, -0.25) is 9.59 Å². The third-order valence-electron chi connectivity index (χ3n) is 3.70. The lowest BCUT2D eigenvalue weighted by atomic mass is 10.1. The SMILES string of the molecule is CC(=O)c1ccc(OCC(=O)NCc2cccc(COC(C)C)c2)cc1. The maximum absolute atomic E-state index is 11.9. The fraction of sp³-hybridized carbons (Fsp3) is 0.333. The second-order valence-electron chi connectivity index (χ2n) is 6.33. The summed E-state index contributed by atoms with van der Waals surface area (Å²) in [4.78, 5) is 23.2. The standard InChI is InChI=1S/C21H25NO4/c1-15(2)25-13-18-6-4-5-17(11-18)12-22-21(24)14-26-20-9-7-19(8-10-20)16(3)23/h4-11,15H,12-14H2,1-3H3,(H,22,24). The van der Waals surface area contributed by atoms with Gasteiger partial charge < -0.3 is 14.8 Å². The average molecular weight is 355 g/mol. The number of ether oxygens (including phenoxy) is 2. The smallest absolute Gasteiger partial charge is 0.258 e. The number of benzene rings is 2. The van der Waals surface area contributed by atoms with Crippen molar-refractivity contribution in [2.75, 3.05) is 6.61 Å². The molecular formula is C21H25NO4. The van der Waals surface area contributed by atoms with Crippen LogP contribution in [0.25, 0.3) is 0 Å². The lowest BCUT2D eigenvalue weighted by Gasteiger charge is -2.10. The fourth-order valence-corrected chi connectivity index (χ4v) is 2.28. The van der Waals surface area contributed by atoms with E-state index in [9.17, 15) is 9.59 Å². The second-order valence-corrected chi connectivity index (χ2v) is 6.33. The Kier molecular flexibility index (Phi) is 7.36. The Morgan fingerprint density at radius 1 is 1.04 bits per heavy atom.